The van der Waals surface area contributed by atoms with Crippen LogP contribution in [0.5, 0.6) is 11.5 Å². The smallest absolute Gasteiger partial charge is 0.323 e. The number of hydrogen-bond acceptors (Lipinski definition) is 6. The minimum atomic E-state index is -0.436. The van der Waals surface area contributed by atoms with Gasteiger partial charge in [0.1, 0.15) is 11.5 Å². The van der Waals surface area contributed by atoms with Crippen molar-refractivity contribution in [3.63, 3.8) is 0 Å². The first-order chi connectivity index (χ1) is 14.0. The topological polar surface area (TPSA) is 97.4 Å². The van der Waals surface area contributed by atoms with Crippen LogP contribution in [0.25, 0.3) is 0 Å². The van der Waals surface area contributed by atoms with Crippen LogP contribution in [0.1, 0.15) is 5.69 Å². The summed E-state index contributed by atoms with van der Waals surface area (Å²) in [5.41, 5.74) is 2.70. The highest BCUT2D eigenvalue weighted by Crippen LogP contribution is 2.35. The summed E-state index contributed by atoms with van der Waals surface area (Å²) < 4.78 is 10.4. The Labute approximate surface area is 173 Å². The molecule has 1 heterocycles. The van der Waals surface area contributed by atoms with Gasteiger partial charge in [-0.1, -0.05) is 11.6 Å². The van der Waals surface area contributed by atoms with Crippen LogP contribution in [-0.4, -0.2) is 30.4 Å². The molecule has 8 nitrogen and oxygen atoms in total. The van der Waals surface area contributed by atoms with Crippen molar-refractivity contribution in [2.24, 2.45) is 0 Å². The maximum Gasteiger partial charge on any atom is 0.323 e. The van der Waals surface area contributed by atoms with Crippen LogP contribution in [0.15, 0.2) is 48.5 Å². The highest BCUT2D eigenvalue weighted by Gasteiger charge is 2.12. The zero-order chi connectivity index (χ0) is 20.8. The number of amides is 2. The molecule has 3 aromatic rings. The third-order valence-corrected chi connectivity index (χ3v) is 4.23. The van der Waals surface area contributed by atoms with Crippen LogP contribution < -0.4 is 25.4 Å². The Morgan fingerprint density at radius 1 is 0.897 bits per heavy atom. The summed E-state index contributed by atoms with van der Waals surface area (Å²) in [5.74, 6) is 1.52. The first-order valence-electron chi connectivity index (χ1n) is 8.65. The van der Waals surface area contributed by atoms with Crippen LogP contribution in [-0.2, 0) is 0 Å². The summed E-state index contributed by atoms with van der Waals surface area (Å²) >= 11 is 6.13. The molecule has 0 aliphatic carbocycles. The second kappa shape index (κ2) is 9.11. The monoisotopic (exact) mass is 413 g/mol. The first-order valence-corrected chi connectivity index (χ1v) is 9.03. The van der Waals surface area contributed by atoms with Gasteiger partial charge in [-0.15, -0.1) is 5.10 Å². The van der Waals surface area contributed by atoms with E-state index >= 15 is 0 Å². The number of benzene rings is 2. The maximum atomic E-state index is 12.3. The fourth-order valence-electron chi connectivity index (χ4n) is 2.49. The zero-order valence-electron chi connectivity index (χ0n) is 16.1. The molecule has 150 valence electrons. The summed E-state index contributed by atoms with van der Waals surface area (Å²) in [4.78, 5) is 12.3. The Hall–Kier alpha value is -3.52. The molecule has 3 N–H and O–H groups in total. The van der Waals surface area contributed by atoms with E-state index in [2.05, 4.69) is 26.1 Å². The van der Waals surface area contributed by atoms with Gasteiger partial charge in [-0.25, -0.2) is 4.79 Å². The quantitative estimate of drug-likeness (QED) is 0.534. The molecule has 9 heteroatoms. The van der Waals surface area contributed by atoms with Gasteiger partial charge in [0, 0.05) is 17.4 Å². The number of ether oxygens (including phenoxy) is 2. The largest absolute Gasteiger partial charge is 0.495 e. The van der Waals surface area contributed by atoms with Crippen LogP contribution in [0.3, 0.4) is 0 Å². The molecule has 3 rings (SSSR count). The minimum absolute atomic E-state index is 0.359. The highest BCUT2D eigenvalue weighted by atomic mass is 35.5. The number of nitrogens with one attached hydrogen (secondary N) is 3. The van der Waals surface area contributed by atoms with Gasteiger partial charge in [-0.3, -0.25) is 0 Å². The lowest BCUT2D eigenvalue weighted by Gasteiger charge is -2.14. The van der Waals surface area contributed by atoms with Gasteiger partial charge < -0.3 is 25.4 Å². The van der Waals surface area contributed by atoms with Gasteiger partial charge in [0.15, 0.2) is 5.82 Å². The zero-order valence-corrected chi connectivity index (χ0v) is 16.9. The number of carbonyl (C=O) groups excluding carboxylic acids is 1. The molecule has 0 fully saturated rings. The van der Waals surface area contributed by atoms with E-state index in [4.69, 9.17) is 21.1 Å². The Kier molecular flexibility index (Phi) is 6.36. The van der Waals surface area contributed by atoms with E-state index in [1.54, 1.807) is 24.3 Å². The molecule has 0 atom stereocenters. The first kappa shape index (κ1) is 20.2. The van der Waals surface area contributed by atoms with Crippen molar-refractivity contribution in [1.29, 1.82) is 0 Å². The SMILES string of the molecule is COc1cc(OC)c(NC(=O)Nc2ccc(Nc3ccc(C)nn3)cc2)cc1Cl. The van der Waals surface area contributed by atoms with E-state index in [0.29, 0.717) is 33.7 Å². The minimum Gasteiger partial charge on any atom is -0.495 e. The van der Waals surface area contributed by atoms with E-state index < -0.39 is 6.03 Å². The molecule has 0 unspecified atom stereocenters. The molecule has 1 aromatic heterocycles. The van der Waals surface area contributed by atoms with Crippen LogP contribution in [0.4, 0.5) is 27.7 Å². The second-order valence-electron chi connectivity index (χ2n) is 6.03. The number of nitrogens with zero attached hydrogens (tertiary/aromatic N) is 2. The van der Waals surface area contributed by atoms with Crippen LogP contribution in [0, 0.1) is 6.92 Å². The Morgan fingerprint density at radius 2 is 1.59 bits per heavy atom. The number of halogens is 1. The van der Waals surface area contributed by atoms with E-state index in [0.717, 1.165) is 11.4 Å². The summed E-state index contributed by atoms with van der Waals surface area (Å²) in [6, 6.07) is 13.6. The average Bonchev–Trinajstić information content (AvgIpc) is 2.71. The predicted octanol–water partition coefficient (Wildman–Crippen LogP) is 4.84. The van der Waals surface area contributed by atoms with Crippen molar-refractivity contribution >= 4 is 40.5 Å². The van der Waals surface area contributed by atoms with Gasteiger partial charge in [0.25, 0.3) is 0 Å². The van der Waals surface area contributed by atoms with Crippen LogP contribution >= 0.6 is 11.6 Å². The number of urea groups is 1. The Bertz CT molecular complexity index is 994. The molecule has 0 saturated carbocycles. The number of methoxy groups -OCH3 is 2. The van der Waals surface area contributed by atoms with Gasteiger partial charge >= 0.3 is 6.03 Å². The number of carbonyl (C=O) groups is 1. The van der Waals surface area contributed by atoms with Crippen molar-refractivity contribution in [1.82, 2.24) is 10.2 Å². The van der Waals surface area contributed by atoms with Crippen molar-refractivity contribution in [2.75, 3.05) is 30.2 Å². The van der Waals surface area contributed by atoms with Gasteiger partial charge in [-0.05, 0) is 49.4 Å². The summed E-state index contributed by atoms with van der Waals surface area (Å²) in [5, 5.41) is 17.0. The standard InChI is InChI=1S/C20H20ClN5O3/c1-12-4-9-19(26-25-12)22-13-5-7-14(8-6-13)23-20(27)24-16-10-15(21)17(28-2)11-18(16)29-3/h4-11H,1-3H3,(H,22,26)(H2,23,24,27). The van der Waals surface area contributed by atoms with Crippen LogP contribution in [0.2, 0.25) is 5.02 Å². The van der Waals surface area contributed by atoms with E-state index in [1.807, 2.05) is 31.2 Å². The molecule has 0 spiro atoms. The highest BCUT2D eigenvalue weighted by molar-refractivity contribution is 6.32. The lowest BCUT2D eigenvalue weighted by molar-refractivity contribution is 0.262. The third-order valence-electron chi connectivity index (χ3n) is 3.94. The van der Waals surface area contributed by atoms with E-state index in [1.165, 1.54) is 14.2 Å². The molecule has 0 bridgehead atoms. The van der Waals surface area contributed by atoms with Gasteiger partial charge in [0.2, 0.25) is 0 Å². The maximum absolute atomic E-state index is 12.3. The Balaban J connectivity index is 1.63. The molecular weight excluding hydrogens is 394 g/mol. The number of aromatic nitrogens is 2. The number of anilines is 4. The number of hydrogen-bond donors (Lipinski definition) is 3. The molecule has 2 amide bonds. The summed E-state index contributed by atoms with van der Waals surface area (Å²) in [7, 11) is 3.00. The van der Waals surface area contributed by atoms with Crippen molar-refractivity contribution in [2.45, 2.75) is 6.92 Å². The van der Waals surface area contributed by atoms with Crippen molar-refractivity contribution in [3.8, 4) is 11.5 Å². The number of rotatable bonds is 6. The van der Waals surface area contributed by atoms with E-state index in [9.17, 15) is 4.79 Å². The second-order valence-corrected chi connectivity index (χ2v) is 6.44. The summed E-state index contributed by atoms with van der Waals surface area (Å²) in [6.45, 7) is 1.87. The molecular formula is C20H20ClN5O3. The Morgan fingerprint density at radius 3 is 2.21 bits per heavy atom. The van der Waals surface area contributed by atoms with Crippen molar-refractivity contribution in [3.05, 3.63) is 59.2 Å². The predicted molar refractivity (Wildman–Crippen MR) is 114 cm³/mol. The fraction of sp³-hybridized carbons (Fsp3) is 0.150. The molecule has 0 saturated heterocycles. The van der Waals surface area contributed by atoms with Crippen molar-refractivity contribution < 1.29 is 14.3 Å². The number of aryl methyl sites for hydroxylation is 1. The third kappa shape index (κ3) is 5.26. The summed E-state index contributed by atoms with van der Waals surface area (Å²) in [6.07, 6.45) is 0. The lowest BCUT2D eigenvalue weighted by Crippen LogP contribution is -2.19. The molecule has 2 aromatic carbocycles. The lowest BCUT2D eigenvalue weighted by atomic mass is 10.2. The normalized spacial score (nSPS) is 10.2. The van der Waals surface area contributed by atoms with Gasteiger partial charge in [-0.2, -0.15) is 5.10 Å². The van der Waals surface area contributed by atoms with E-state index in [-0.39, 0.29) is 0 Å². The molecule has 0 radical (unpaired) electrons. The molecule has 0 aliphatic rings. The molecule has 0 aliphatic heterocycles. The van der Waals surface area contributed by atoms with Gasteiger partial charge in [0.05, 0.1) is 30.6 Å². The fourth-order valence-corrected chi connectivity index (χ4v) is 2.73. The molecule has 29 heavy (non-hydrogen) atoms. The average molecular weight is 414 g/mol.